The zero-order valence-corrected chi connectivity index (χ0v) is 13.4. The number of nitrogens with one attached hydrogen (secondary N) is 1. The molecule has 1 saturated heterocycles. The molecule has 2 amide bonds. The Labute approximate surface area is 123 Å². The summed E-state index contributed by atoms with van der Waals surface area (Å²) in [6, 6.07) is 0.221. The Hall–Kier alpha value is -0.810. The fourth-order valence-electron chi connectivity index (χ4n) is 2.34. The van der Waals surface area contributed by atoms with Crippen molar-refractivity contribution in [3.8, 4) is 0 Å². The minimum Gasteiger partial charge on any atom is -0.383 e. The first-order valence-electron chi connectivity index (χ1n) is 7.63. The van der Waals surface area contributed by atoms with Gasteiger partial charge in [0, 0.05) is 39.5 Å². The van der Waals surface area contributed by atoms with Gasteiger partial charge in [-0.15, -0.1) is 0 Å². The van der Waals surface area contributed by atoms with E-state index in [9.17, 15) is 4.79 Å². The third-order valence-corrected chi connectivity index (χ3v) is 4.11. The van der Waals surface area contributed by atoms with Crippen molar-refractivity contribution in [1.29, 1.82) is 0 Å². The summed E-state index contributed by atoms with van der Waals surface area (Å²) in [5.74, 6) is 0. The molecule has 0 aromatic heterocycles. The molecule has 0 aromatic rings. The summed E-state index contributed by atoms with van der Waals surface area (Å²) in [4.78, 5) is 14.3. The van der Waals surface area contributed by atoms with E-state index in [0.29, 0.717) is 13.2 Å². The molecule has 0 unspecified atom stereocenters. The number of nitrogens with zero attached hydrogens (tertiary/aromatic N) is 1. The number of ether oxygens (including phenoxy) is 2. The second-order valence-corrected chi connectivity index (χ2v) is 6.10. The van der Waals surface area contributed by atoms with Gasteiger partial charge in [0.15, 0.2) is 0 Å². The van der Waals surface area contributed by atoms with Crippen molar-refractivity contribution < 1.29 is 14.3 Å². The lowest BCUT2D eigenvalue weighted by atomic mass is 9.82. The molecular formula is C15H30N2O3. The van der Waals surface area contributed by atoms with Gasteiger partial charge < -0.3 is 19.7 Å². The van der Waals surface area contributed by atoms with Crippen LogP contribution in [0.25, 0.3) is 0 Å². The average molecular weight is 286 g/mol. The van der Waals surface area contributed by atoms with Gasteiger partial charge in [-0.2, -0.15) is 0 Å². The molecule has 1 aliphatic rings. The molecule has 0 aromatic carbocycles. The first-order valence-corrected chi connectivity index (χ1v) is 7.63. The molecule has 0 spiro atoms. The van der Waals surface area contributed by atoms with Crippen molar-refractivity contribution in [1.82, 2.24) is 10.2 Å². The number of rotatable bonds is 7. The Bertz CT molecular complexity index is 291. The van der Waals surface area contributed by atoms with Crippen molar-refractivity contribution in [3.63, 3.8) is 0 Å². The molecule has 1 aliphatic heterocycles. The van der Waals surface area contributed by atoms with Crippen LogP contribution in [0, 0.1) is 5.41 Å². The first-order chi connectivity index (χ1) is 9.50. The predicted molar refractivity (Wildman–Crippen MR) is 79.9 cm³/mol. The highest BCUT2D eigenvalue weighted by molar-refractivity contribution is 5.74. The van der Waals surface area contributed by atoms with Crippen molar-refractivity contribution in [3.05, 3.63) is 0 Å². The fourth-order valence-corrected chi connectivity index (χ4v) is 2.34. The third-order valence-electron chi connectivity index (χ3n) is 4.11. The predicted octanol–water partition coefficient (Wildman–Crippen LogP) is 2.26. The minimum atomic E-state index is 0.0177. The van der Waals surface area contributed by atoms with Crippen LogP contribution in [-0.4, -0.2) is 57.0 Å². The number of methoxy groups -OCH3 is 1. The quantitative estimate of drug-likeness (QED) is 0.781. The SMILES string of the molecule is CC[C@@H](C)NC(=O)N(CCOC)CC1(C)CCOCC1. The number of carbonyl (C=O) groups excluding carboxylic acids is 1. The van der Waals surface area contributed by atoms with E-state index < -0.39 is 0 Å². The zero-order valence-electron chi connectivity index (χ0n) is 13.4. The Morgan fingerprint density at radius 1 is 1.45 bits per heavy atom. The zero-order chi connectivity index (χ0) is 15.0. The topological polar surface area (TPSA) is 50.8 Å². The number of hydrogen-bond donors (Lipinski definition) is 1. The molecule has 118 valence electrons. The Kier molecular flexibility index (Phi) is 7.30. The van der Waals surface area contributed by atoms with Crippen LogP contribution in [0.15, 0.2) is 0 Å². The van der Waals surface area contributed by atoms with Crippen LogP contribution in [0.5, 0.6) is 0 Å². The third kappa shape index (κ3) is 5.67. The summed E-state index contributed by atoms with van der Waals surface area (Å²) >= 11 is 0. The van der Waals surface area contributed by atoms with E-state index in [2.05, 4.69) is 19.2 Å². The van der Waals surface area contributed by atoms with Gasteiger partial charge in [0.25, 0.3) is 0 Å². The summed E-state index contributed by atoms with van der Waals surface area (Å²) in [6.07, 6.45) is 2.95. The maximum atomic E-state index is 12.4. The van der Waals surface area contributed by atoms with Gasteiger partial charge in [0.05, 0.1) is 6.61 Å². The van der Waals surface area contributed by atoms with E-state index in [-0.39, 0.29) is 17.5 Å². The molecule has 0 radical (unpaired) electrons. The first kappa shape index (κ1) is 17.2. The smallest absolute Gasteiger partial charge is 0.317 e. The van der Waals surface area contributed by atoms with E-state index in [1.54, 1.807) is 7.11 Å². The second kappa shape index (κ2) is 8.47. The molecule has 20 heavy (non-hydrogen) atoms. The molecule has 1 rings (SSSR count). The summed E-state index contributed by atoms with van der Waals surface area (Å²) in [7, 11) is 1.67. The summed E-state index contributed by atoms with van der Waals surface area (Å²) in [6.45, 7) is 9.90. The van der Waals surface area contributed by atoms with Gasteiger partial charge in [-0.1, -0.05) is 13.8 Å². The van der Waals surface area contributed by atoms with Gasteiger partial charge >= 0.3 is 6.03 Å². The van der Waals surface area contributed by atoms with Crippen LogP contribution >= 0.6 is 0 Å². The number of carbonyl (C=O) groups is 1. The lowest BCUT2D eigenvalue weighted by Crippen LogP contribution is -2.49. The monoisotopic (exact) mass is 286 g/mol. The molecule has 5 nitrogen and oxygen atoms in total. The maximum absolute atomic E-state index is 12.4. The number of hydrogen-bond acceptors (Lipinski definition) is 3. The molecule has 1 heterocycles. The number of amides is 2. The van der Waals surface area contributed by atoms with E-state index in [1.165, 1.54) is 0 Å². The normalized spacial score (nSPS) is 19.4. The van der Waals surface area contributed by atoms with E-state index >= 15 is 0 Å². The van der Waals surface area contributed by atoms with Gasteiger partial charge in [-0.25, -0.2) is 4.79 Å². The van der Waals surface area contributed by atoms with Crippen molar-refractivity contribution >= 4 is 6.03 Å². The van der Waals surface area contributed by atoms with Crippen LogP contribution in [0.3, 0.4) is 0 Å². The van der Waals surface area contributed by atoms with E-state index in [0.717, 1.165) is 39.0 Å². The van der Waals surface area contributed by atoms with E-state index in [4.69, 9.17) is 9.47 Å². The Morgan fingerprint density at radius 2 is 2.10 bits per heavy atom. The highest BCUT2D eigenvalue weighted by Gasteiger charge is 2.31. The maximum Gasteiger partial charge on any atom is 0.317 e. The van der Waals surface area contributed by atoms with E-state index in [1.807, 2.05) is 11.8 Å². The lowest BCUT2D eigenvalue weighted by Gasteiger charge is -2.38. The summed E-state index contributed by atoms with van der Waals surface area (Å²) < 4.78 is 10.6. The van der Waals surface area contributed by atoms with Gasteiger partial charge in [0.2, 0.25) is 0 Å². The Balaban J connectivity index is 2.60. The molecule has 0 bridgehead atoms. The molecule has 1 fully saturated rings. The van der Waals surface area contributed by atoms with Crippen LogP contribution < -0.4 is 5.32 Å². The van der Waals surface area contributed by atoms with Gasteiger partial charge in [-0.05, 0) is 31.6 Å². The molecule has 5 heteroatoms. The van der Waals surface area contributed by atoms with Crippen LogP contribution in [-0.2, 0) is 9.47 Å². The molecular weight excluding hydrogens is 256 g/mol. The highest BCUT2D eigenvalue weighted by Crippen LogP contribution is 2.30. The van der Waals surface area contributed by atoms with Crippen molar-refractivity contribution in [2.45, 2.75) is 46.1 Å². The average Bonchev–Trinajstić information content (AvgIpc) is 2.43. The fraction of sp³-hybridized carbons (Fsp3) is 0.933. The molecule has 1 N–H and O–H groups in total. The van der Waals surface area contributed by atoms with Crippen molar-refractivity contribution in [2.75, 3.05) is 40.0 Å². The highest BCUT2D eigenvalue weighted by atomic mass is 16.5. The Morgan fingerprint density at radius 3 is 2.65 bits per heavy atom. The molecule has 0 aliphatic carbocycles. The van der Waals surface area contributed by atoms with Crippen LogP contribution in [0.2, 0.25) is 0 Å². The summed E-state index contributed by atoms with van der Waals surface area (Å²) in [5, 5.41) is 3.05. The standard InChI is InChI=1S/C15H30N2O3/c1-5-13(2)16-14(18)17(8-11-19-4)12-15(3)6-9-20-10-7-15/h13H,5-12H2,1-4H3,(H,16,18)/t13-/m1/s1. The van der Waals surface area contributed by atoms with Crippen LogP contribution in [0.4, 0.5) is 4.79 Å². The van der Waals surface area contributed by atoms with Gasteiger partial charge in [-0.3, -0.25) is 0 Å². The minimum absolute atomic E-state index is 0.0177. The van der Waals surface area contributed by atoms with Gasteiger partial charge in [0.1, 0.15) is 0 Å². The van der Waals surface area contributed by atoms with Crippen LogP contribution in [0.1, 0.15) is 40.0 Å². The molecule has 0 saturated carbocycles. The lowest BCUT2D eigenvalue weighted by molar-refractivity contribution is 0.00790. The number of urea groups is 1. The molecule has 1 atom stereocenters. The summed E-state index contributed by atoms with van der Waals surface area (Å²) in [5.41, 5.74) is 0.152. The second-order valence-electron chi connectivity index (χ2n) is 6.10. The largest absolute Gasteiger partial charge is 0.383 e. The van der Waals surface area contributed by atoms with Crippen molar-refractivity contribution in [2.24, 2.45) is 5.41 Å².